The largest absolute Gasteiger partial charge is 0.507 e. The highest BCUT2D eigenvalue weighted by molar-refractivity contribution is 5.62. The summed E-state index contributed by atoms with van der Waals surface area (Å²) < 4.78 is 5.34. The maximum Gasteiger partial charge on any atom is 0.150 e. The second kappa shape index (κ2) is 2.81. The third-order valence-corrected chi connectivity index (χ3v) is 2.25. The van der Waals surface area contributed by atoms with Crippen LogP contribution in [-0.2, 0) is 0 Å². The Morgan fingerprint density at radius 2 is 2.23 bits per heavy atom. The third-order valence-electron chi connectivity index (χ3n) is 2.25. The summed E-state index contributed by atoms with van der Waals surface area (Å²) in [6.45, 7) is 0.557. The summed E-state index contributed by atoms with van der Waals surface area (Å²) in [6, 6.07) is 2.99. The molecule has 4 nitrogen and oxygen atoms in total. The molecule has 0 aliphatic carbocycles. The summed E-state index contributed by atoms with van der Waals surface area (Å²) in [5, 5.41) is 9.54. The van der Waals surface area contributed by atoms with Gasteiger partial charge in [0.2, 0.25) is 0 Å². The van der Waals surface area contributed by atoms with Gasteiger partial charge in [-0.3, -0.25) is 0 Å². The maximum atomic E-state index is 9.54. The minimum Gasteiger partial charge on any atom is -0.507 e. The molecule has 1 atom stereocenters. The molecule has 1 aliphatic heterocycles. The van der Waals surface area contributed by atoms with E-state index in [4.69, 9.17) is 16.2 Å². The second-order valence-corrected chi connectivity index (χ2v) is 3.16. The van der Waals surface area contributed by atoms with Crippen molar-refractivity contribution in [1.82, 2.24) is 0 Å². The third kappa shape index (κ3) is 1.19. The zero-order valence-corrected chi connectivity index (χ0v) is 7.16. The van der Waals surface area contributed by atoms with E-state index in [2.05, 4.69) is 0 Å². The Hall–Kier alpha value is -1.42. The molecule has 1 unspecified atom stereocenters. The number of phenols is 1. The number of ether oxygens (including phenoxy) is 1. The van der Waals surface area contributed by atoms with Gasteiger partial charge in [-0.15, -0.1) is 0 Å². The molecular weight excluding hydrogens is 168 g/mol. The van der Waals surface area contributed by atoms with Crippen molar-refractivity contribution in [1.29, 1.82) is 0 Å². The lowest BCUT2D eigenvalue weighted by Crippen LogP contribution is -2.21. The molecule has 5 N–H and O–H groups in total. The maximum absolute atomic E-state index is 9.54. The number of nitrogens with two attached hydrogens (primary N) is 2. The fourth-order valence-corrected chi connectivity index (χ4v) is 1.56. The molecule has 70 valence electrons. The number of fused-ring (bicyclic) bond motifs is 1. The Morgan fingerprint density at radius 3 is 2.92 bits per heavy atom. The monoisotopic (exact) mass is 180 g/mol. The summed E-state index contributed by atoms with van der Waals surface area (Å²) in [7, 11) is 0. The zero-order valence-electron chi connectivity index (χ0n) is 7.16. The second-order valence-electron chi connectivity index (χ2n) is 3.16. The van der Waals surface area contributed by atoms with E-state index in [0.717, 1.165) is 0 Å². The van der Waals surface area contributed by atoms with E-state index < -0.39 is 0 Å². The first kappa shape index (κ1) is 8.19. The molecule has 13 heavy (non-hydrogen) atoms. The number of anilines is 1. The van der Waals surface area contributed by atoms with Gasteiger partial charge in [0.1, 0.15) is 5.75 Å². The van der Waals surface area contributed by atoms with Gasteiger partial charge < -0.3 is 21.3 Å². The molecule has 0 amide bonds. The average molecular weight is 180 g/mol. The van der Waals surface area contributed by atoms with Crippen molar-refractivity contribution in [3.63, 3.8) is 0 Å². The summed E-state index contributed by atoms with van der Waals surface area (Å²) >= 11 is 0. The van der Waals surface area contributed by atoms with E-state index in [0.29, 0.717) is 30.0 Å². The first-order valence-electron chi connectivity index (χ1n) is 4.20. The van der Waals surface area contributed by atoms with Gasteiger partial charge in [-0.2, -0.15) is 0 Å². The summed E-state index contributed by atoms with van der Waals surface area (Å²) in [4.78, 5) is 0. The van der Waals surface area contributed by atoms with Crippen LogP contribution < -0.4 is 16.2 Å². The van der Waals surface area contributed by atoms with E-state index in [-0.39, 0.29) is 11.8 Å². The lowest BCUT2D eigenvalue weighted by molar-refractivity contribution is 0.265. The zero-order chi connectivity index (χ0) is 9.42. The van der Waals surface area contributed by atoms with Gasteiger partial charge in [-0.1, -0.05) is 0 Å². The molecule has 1 heterocycles. The fraction of sp³-hybridized carbons (Fsp3) is 0.333. The summed E-state index contributed by atoms with van der Waals surface area (Å²) in [5.74, 6) is 0.704. The van der Waals surface area contributed by atoms with Gasteiger partial charge >= 0.3 is 0 Å². The Kier molecular flexibility index (Phi) is 1.77. The first-order valence-corrected chi connectivity index (χ1v) is 4.20. The Bertz CT molecular complexity index is 339. The normalized spacial score (nSPS) is 20.5. The van der Waals surface area contributed by atoms with Crippen LogP contribution in [0.15, 0.2) is 12.1 Å². The van der Waals surface area contributed by atoms with E-state index in [9.17, 15) is 5.11 Å². The average Bonchev–Trinajstić information content (AvgIpc) is 2.12. The molecule has 0 saturated heterocycles. The van der Waals surface area contributed by atoms with Crippen LogP contribution in [0, 0.1) is 0 Å². The molecule has 4 heteroatoms. The number of benzene rings is 1. The molecule has 0 aromatic heterocycles. The standard InChI is InChI=1S/C9H12N2O2/c10-5-3-4-13-9-6(11)1-2-7(12)8(5)9/h1-2,5,12H,3-4,10-11H2. The van der Waals surface area contributed by atoms with Crippen LogP contribution in [0.1, 0.15) is 18.0 Å². The predicted octanol–water partition coefficient (Wildman–Crippen LogP) is 0.757. The van der Waals surface area contributed by atoms with Crippen molar-refractivity contribution < 1.29 is 9.84 Å². The SMILES string of the molecule is Nc1ccc(O)c2c1OCCC2N. The van der Waals surface area contributed by atoms with E-state index in [1.54, 1.807) is 12.1 Å². The topological polar surface area (TPSA) is 81.5 Å². The van der Waals surface area contributed by atoms with Crippen LogP contribution >= 0.6 is 0 Å². The molecule has 2 rings (SSSR count). The Balaban J connectivity index is 2.60. The molecule has 0 spiro atoms. The van der Waals surface area contributed by atoms with Gasteiger partial charge in [-0.05, 0) is 12.1 Å². The Morgan fingerprint density at radius 1 is 1.46 bits per heavy atom. The predicted molar refractivity (Wildman–Crippen MR) is 49.6 cm³/mol. The van der Waals surface area contributed by atoms with Gasteiger partial charge in [0.15, 0.2) is 5.75 Å². The number of aromatic hydroxyl groups is 1. The lowest BCUT2D eigenvalue weighted by atomic mass is 9.99. The smallest absolute Gasteiger partial charge is 0.150 e. The first-order chi connectivity index (χ1) is 6.20. The van der Waals surface area contributed by atoms with Crippen molar-refractivity contribution in [2.75, 3.05) is 12.3 Å². The van der Waals surface area contributed by atoms with Crippen molar-refractivity contribution in [2.45, 2.75) is 12.5 Å². The van der Waals surface area contributed by atoms with E-state index in [1.807, 2.05) is 0 Å². The van der Waals surface area contributed by atoms with Gasteiger partial charge in [-0.25, -0.2) is 0 Å². The van der Waals surface area contributed by atoms with Crippen molar-refractivity contribution >= 4 is 5.69 Å². The minimum absolute atomic E-state index is 0.163. The fourth-order valence-electron chi connectivity index (χ4n) is 1.56. The van der Waals surface area contributed by atoms with Crippen LogP contribution in [0.25, 0.3) is 0 Å². The van der Waals surface area contributed by atoms with Crippen LogP contribution in [0.4, 0.5) is 5.69 Å². The summed E-state index contributed by atoms with van der Waals surface area (Å²) in [6.07, 6.45) is 0.712. The van der Waals surface area contributed by atoms with Gasteiger partial charge in [0.05, 0.1) is 17.9 Å². The van der Waals surface area contributed by atoms with Crippen molar-refractivity contribution in [2.24, 2.45) is 5.73 Å². The van der Waals surface area contributed by atoms with Crippen LogP contribution in [-0.4, -0.2) is 11.7 Å². The van der Waals surface area contributed by atoms with Crippen LogP contribution in [0.2, 0.25) is 0 Å². The molecule has 0 radical (unpaired) electrons. The molecule has 0 fully saturated rings. The number of nitrogen functional groups attached to an aromatic ring is 1. The molecule has 0 bridgehead atoms. The number of rotatable bonds is 0. The highest BCUT2D eigenvalue weighted by Gasteiger charge is 2.23. The highest BCUT2D eigenvalue weighted by atomic mass is 16.5. The van der Waals surface area contributed by atoms with Gasteiger partial charge in [0, 0.05) is 12.5 Å². The van der Waals surface area contributed by atoms with Crippen LogP contribution in [0.5, 0.6) is 11.5 Å². The number of phenolic OH excluding ortho intramolecular Hbond substituents is 1. The number of hydrogen-bond acceptors (Lipinski definition) is 4. The highest BCUT2D eigenvalue weighted by Crippen LogP contribution is 2.40. The van der Waals surface area contributed by atoms with Crippen molar-refractivity contribution in [3.05, 3.63) is 17.7 Å². The summed E-state index contributed by atoms with van der Waals surface area (Å²) in [5.41, 5.74) is 12.7. The number of hydrogen-bond donors (Lipinski definition) is 3. The quantitative estimate of drug-likeness (QED) is 0.406. The van der Waals surface area contributed by atoms with Crippen molar-refractivity contribution in [3.8, 4) is 11.5 Å². The molecule has 1 aromatic carbocycles. The minimum atomic E-state index is -0.174. The van der Waals surface area contributed by atoms with E-state index in [1.165, 1.54) is 0 Å². The van der Waals surface area contributed by atoms with E-state index >= 15 is 0 Å². The lowest BCUT2D eigenvalue weighted by Gasteiger charge is -2.24. The molecule has 1 aliphatic rings. The molecule has 1 aromatic rings. The van der Waals surface area contributed by atoms with Gasteiger partial charge in [0.25, 0.3) is 0 Å². The molecule has 0 saturated carbocycles. The Labute approximate surface area is 76.1 Å². The molecular formula is C9H12N2O2. The van der Waals surface area contributed by atoms with Crippen LogP contribution in [0.3, 0.4) is 0 Å².